The summed E-state index contributed by atoms with van der Waals surface area (Å²) in [6, 6.07) is 18.0. The minimum atomic E-state index is -0.101. The molecule has 0 unspecified atom stereocenters. The number of amides is 1. The maximum Gasteiger partial charge on any atom is 0.229 e. The van der Waals surface area contributed by atoms with Crippen molar-refractivity contribution >= 4 is 29.0 Å². The number of benzene rings is 2. The van der Waals surface area contributed by atoms with Gasteiger partial charge in [0.25, 0.3) is 0 Å². The molecule has 0 saturated carbocycles. The Morgan fingerprint density at radius 1 is 1.04 bits per heavy atom. The van der Waals surface area contributed by atoms with Crippen molar-refractivity contribution in [2.45, 2.75) is 19.9 Å². The van der Waals surface area contributed by atoms with Crippen LogP contribution in [0, 0.1) is 0 Å². The molecule has 6 nitrogen and oxygen atoms in total. The Labute approximate surface area is 158 Å². The van der Waals surface area contributed by atoms with E-state index in [4.69, 9.17) is 0 Å². The second-order valence-corrected chi connectivity index (χ2v) is 6.57. The zero-order valence-electron chi connectivity index (χ0n) is 15.1. The molecular weight excluding hydrogens is 338 g/mol. The highest BCUT2D eigenvalue weighted by Gasteiger charge is 2.17. The fourth-order valence-corrected chi connectivity index (χ4v) is 3.28. The monoisotopic (exact) mass is 359 g/mol. The zero-order chi connectivity index (χ0) is 18.6. The molecule has 0 radical (unpaired) electrons. The van der Waals surface area contributed by atoms with E-state index in [1.807, 2.05) is 30.3 Å². The van der Waals surface area contributed by atoms with Gasteiger partial charge in [0.05, 0.1) is 0 Å². The molecule has 1 aliphatic rings. The van der Waals surface area contributed by atoms with Gasteiger partial charge in [0.1, 0.15) is 5.82 Å². The Morgan fingerprint density at radius 3 is 2.70 bits per heavy atom. The number of aromatic nitrogens is 2. The Bertz CT molecular complexity index is 972. The molecule has 1 amide bonds. The van der Waals surface area contributed by atoms with E-state index in [0.717, 1.165) is 36.7 Å². The minimum Gasteiger partial charge on any atom is -0.352 e. The van der Waals surface area contributed by atoms with Crippen LogP contribution in [0.5, 0.6) is 0 Å². The van der Waals surface area contributed by atoms with Gasteiger partial charge < -0.3 is 15.5 Å². The van der Waals surface area contributed by atoms with Crippen molar-refractivity contribution < 1.29 is 4.79 Å². The highest BCUT2D eigenvalue weighted by atomic mass is 16.1. The summed E-state index contributed by atoms with van der Waals surface area (Å²) in [6.45, 7) is 3.28. The maximum atomic E-state index is 11.2. The molecular formula is C21H21N5O. The van der Waals surface area contributed by atoms with Crippen molar-refractivity contribution in [3.8, 4) is 0 Å². The largest absolute Gasteiger partial charge is 0.352 e. The molecule has 0 bridgehead atoms. The molecule has 2 aromatic carbocycles. The smallest absolute Gasteiger partial charge is 0.229 e. The summed E-state index contributed by atoms with van der Waals surface area (Å²) < 4.78 is 0. The molecule has 0 spiro atoms. The Kier molecular flexibility index (Phi) is 4.70. The van der Waals surface area contributed by atoms with Gasteiger partial charge in [0.15, 0.2) is 0 Å². The third kappa shape index (κ3) is 4.06. The van der Waals surface area contributed by atoms with Crippen LogP contribution in [0.15, 0.2) is 60.8 Å². The van der Waals surface area contributed by atoms with Crippen LogP contribution in [0.4, 0.5) is 23.1 Å². The normalized spacial score (nSPS) is 13.0. The standard InChI is InChI=1S/C21H21N5O/c1-15(27)23-18-7-4-8-19(13-18)24-21-22-11-9-20(25-21)26-12-10-16-5-2-3-6-17(16)14-26/h2-9,11,13H,10,12,14H2,1H3,(H,23,27)(H,22,24,25). The fourth-order valence-electron chi connectivity index (χ4n) is 3.28. The van der Waals surface area contributed by atoms with Gasteiger partial charge in [-0.2, -0.15) is 4.98 Å². The van der Waals surface area contributed by atoms with Gasteiger partial charge in [-0.05, 0) is 41.8 Å². The quantitative estimate of drug-likeness (QED) is 0.743. The van der Waals surface area contributed by atoms with Crippen LogP contribution in [-0.4, -0.2) is 22.4 Å². The molecule has 0 aliphatic carbocycles. The third-order valence-electron chi connectivity index (χ3n) is 4.53. The highest BCUT2D eigenvalue weighted by molar-refractivity contribution is 5.89. The van der Waals surface area contributed by atoms with Crippen LogP contribution in [0.3, 0.4) is 0 Å². The van der Waals surface area contributed by atoms with Gasteiger partial charge >= 0.3 is 0 Å². The summed E-state index contributed by atoms with van der Waals surface area (Å²) in [7, 11) is 0. The summed E-state index contributed by atoms with van der Waals surface area (Å²) in [6.07, 6.45) is 2.78. The summed E-state index contributed by atoms with van der Waals surface area (Å²) >= 11 is 0. The van der Waals surface area contributed by atoms with Gasteiger partial charge in [-0.15, -0.1) is 0 Å². The van der Waals surface area contributed by atoms with Crippen molar-refractivity contribution in [1.82, 2.24) is 9.97 Å². The first-order valence-corrected chi connectivity index (χ1v) is 8.97. The first-order chi connectivity index (χ1) is 13.2. The lowest BCUT2D eigenvalue weighted by atomic mass is 10.00. The van der Waals surface area contributed by atoms with Gasteiger partial charge in [-0.25, -0.2) is 4.98 Å². The van der Waals surface area contributed by atoms with Gasteiger partial charge in [-0.3, -0.25) is 4.79 Å². The average molecular weight is 359 g/mol. The van der Waals surface area contributed by atoms with Gasteiger partial charge in [0, 0.05) is 37.6 Å². The predicted molar refractivity (Wildman–Crippen MR) is 107 cm³/mol. The topological polar surface area (TPSA) is 70.2 Å². The summed E-state index contributed by atoms with van der Waals surface area (Å²) in [5.41, 5.74) is 4.31. The van der Waals surface area contributed by atoms with E-state index in [2.05, 4.69) is 49.8 Å². The molecule has 6 heteroatoms. The lowest BCUT2D eigenvalue weighted by Gasteiger charge is -2.29. The predicted octanol–water partition coefficient (Wildman–Crippen LogP) is 3.74. The molecule has 0 fully saturated rings. The first kappa shape index (κ1) is 17.0. The van der Waals surface area contributed by atoms with E-state index >= 15 is 0 Å². The Balaban J connectivity index is 1.51. The lowest BCUT2D eigenvalue weighted by molar-refractivity contribution is -0.114. The summed E-state index contributed by atoms with van der Waals surface area (Å²) in [5, 5.41) is 5.99. The van der Waals surface area contributed by atoms with Crippen molar-refractivity contribution in [2.24, 2.45) is 0 Å². The minimum absolute atomic E-state index is 0.101. The number of carbonyl (C=O) groups is 1. The van der Waals surface area contributed by atoms with Crippen LogP contribution in [-0.2, 0) is 17.8 Å². The number of fused-ring (bicyclic) bond motifs is 1. The van der Waals surface area contributed by atoms with Crippen LogP contribution < -0.4 is 15.5 Å². The number of nitrogens with one attached hydrogen (secondary N) is 2. The van der Waals surface area contributed by atoms with E-state index < -0.39 is 0 Å². The van der Waals surface area contributed by atoms with Crippen LogP contribution in [0.1, 0.15) is 18.1 Å². The van der Waals surface area contributed by atoms with Crippen molar-refractivity contribution in [3.05, 3.63) is 71.9 Å². The average Bonchev–Trinajstić information content (AvgIpc) is 2.67. The third-order valence-corrected chi connectivity index (χ3v) is 4.53. The van der Waals surface area contributed by atoms with E-state index in [0.29, 0.717) is 5.95 Å². The second-order valence-electron chi connectivity index (χ2n) is 6.57. The van der Waals surface area contributed by atoms with Crippen molar-refractivity contribution in [1.29, 1.82) is 0 Å². The molecule has 2 N–H and O–H groups in total. The Morgan fingerprint density at radius 2 is 1.85 bits per heavy atom. The van der Waals surface area contributed by atoms with Crippen LogP contribution in [0.2, 0.25) is 0 Å². The Hall–Kier alpha value is -3.41. The van der Waals surface area contributed by atoms with E-state index in [-0.39, 0.29) is 5.91 Å². The van der Waals surface area contributed by atoms with Gasteiger partial charge in [0.2, 0.25) is 11.9 Å². The molecule has 3 aromatic rings. The molecule has 2 heterocycles. The lowest BCUT2D eigenvalue weighted by Crippen LogP contribution is -2.31. The number of carbonyl (C=O) groups excluding carboxylic acids is 1. The molecule has 4 rings (SSSR count). The van der Waals surface area contributed by atoms with E-state index in [9.17, 15) is 4.79 Å². The van der Waals surface area contributed by atoms with Crippen LogP contribution >= 0.6 is 0 Å². The SMILES string of the molecule is CC(=O)Nc1cccc(Nc2nccc(N3CCc4ccccc4C3)n2)c1. The number of rotatable bonds is 4. The molecule has 1 aromatic heterocycles. The molecule has 136 valence electrons. The fraction of sp³-hybridized carbons (Fsp3) is 0.190. The van der Waals surface area contributed by atoms with E-state index in [1.165, 1.54) is 18.1 Å². The number of nitrogens with zero attached hydrogens (tertiary/aromatic N) is 3. The van der Waals surface area contributed by atoms with Crippen LogP contribution in [0.25, 0.3) is 0 Å². The summed E-state index contributed by atoms with van der Waals surface area (Å²) in [5.74, 6) is 1.34. The highest BCUT2D eigenvalue weighted by Crippen LogP contribution is 2.24. The van der Waals surface area contributed by atoms with Crippen molar-refractivity contribution in [3.63, 3.8) is 0 Å². The van der Waals surface area contributed by atoms with E-state index in [1.54, 1.807) is 6.20 Å². The molecule has 0 atom stereocenters. The summed E-state index contributed by atoms with van der Waals surface area (Å²) in [4.78, 5) is 22.5. The number of anilines is 4. The maximum absolute atomic E-state index is 11.2. The number of hydrogen-bond acceptors (Lipinski definition) is 5. The number of hydrogen-bond donors (Lipinski definition) is 2. The second kappa shape index (κ2) is 7.45. The van der Waals surface area contributed by atoms with Gasteiger partial charge in [-0.1, -0.05) is 30.3 Å². The molecule has 0 saturated heterocycles. The molecule has 1 aliphatic heterocycles. The molecule has 27 heavy (non-hydrogen) atoms. The van der Waals surface area contributed by atoms with Crippen molar-refractivity contribution in [2.75, 3.05) is 22.1 Å². The first-order valence-electron chi connectivity index (χ1n) is 8.97. The zero-order valence-corrected chi connectivity index (χ0v) is 15.1.